The molecule has 5 nitrogen and oxygen atoms in total. The topological polar surface area (TPSA) is 52.8 Å². The Morgan fingerprint density at radius 3 is 2.42 bits per heavy atom. The number of ether oxygens (including phenoxy) is 1. The second kappa shape index (κ2) is 7.55. The molecule has 0 fully saturated rings. The van der Waals surface area contributed by atoms with Gasteiger partial charge in [-0.25, -0.2) is 4.98 Å². The minimum atomic E-state index is -4.41. The Kier molecular flexibility index (Phi) is 5.38. The zero-order valence-electron chi connectivity index (χ0n) is 13.4. The second-order valence-corrected chi connectivity index (χ2v) is 6.32. The summed E-state index contributed by atoms with van der Waals surface area (Å²) in [6.07, 6.45) is -1.15. The summed E-state index contributed by atoms with van der Waals surface area (Å²) in [5.74, 6) is 0.389. The quantitative estimate of drug-likeness (QED) is 0.584. The zero-order valence-corrected chi connectivity index (χ0v) is 14.9. The summed E-state index contributed by atoms with van der Waals surface area (Å²) in [4.78, 5) is 3.91. The molecule has 2 heterocycles. The summed E-state index contributed by atoms with van der Waals surface area (Å²) in [6, 6.07) is 10.1. The molecule has 1 aromatic carbocycles. The highest BCUT2D eigenvalue weighted by atomic mass is 35.5. The van der Waals surface area contributed by atoms with Crippen LogP contribution in [0.3, 0.4) is 0 Å². The van der Waals surface area contributed by atoms with Gasteiger partial charge in [0.15, 0.2) is 17.6 Å². The van der Waals surface area contributed by atoms with Gasteiger partial charge in [-0.1, -0.05) is 23.4 Å². The predicted octanol–water partition coefficient (Wildman–Crippen LogP) is 4.65. The normalized spacial score (nSPS) is 11.6. The monoisotopic (exact) mass is 400 g/mol. The lowest BCUT2D eigenvalue weighted by Crippen LogP contribution is -2.19. The van der Waals surface area contributed by atoms with Gasteiger partial charge in [0.05, 0.1) is 0 Å². The fraction of sp³-hybridized carbons (Fsp3) is 0.188. The average molecular weight is 401 g/mol. The van der Waals surface area contributed by atoms with Gasteiger partial charge < -0.3 is 4.74 Å². The lowest BCUT2D eigenvalue weighted by Gasteiger charge is -2.10. The Morgan fingerprint density at radius 2 is 1.85 bits per heavy atom. The molecule has 0 spiro atoms. The van der Waals surface area contributed by atoms with Crippen LogP contribution in [-0.4, -0.2) is 38.8 Å². The van der Waals surface area contributed by atoms with Crippen LogP contribution in [0, 0.1) is 0 Å². The third-order valence-electron chi connectivity index (χ3n) is 3.28. The maximum Gasteiger partial charge on any atom is 0.422 e. The number of benzene rings is 1. The molecule has 3 rings (SSSR count). The van der Waals surface area contributed by atoms with E-state index in [-0.39, 0.29) is 5.88 Å². The molecule has 0 atom stereocenters. The molecule has 3 aromatic rings. The minimum absolute atomic E-state index is 0.117. The van der Waals surface area contributed by atoms with Gasteiger partial charge >= 0.3 is 6.18 Å². The Hall–Kier alpha value is -2.26. The summed E-state index contributed by atoms with van der Waals surface area (Å²) >= 11 is 7.34. The van der Waals surface area contributed by atoms with Gasteiger partial charge in [-0.2, -0.15) is 13.2 Å². The number of aromatic nitrogens is 4. The number of hydrogen-bond acceptors (Lipinski definition) is 5. The van der Waals surface area contributed by atoms with E-state index in [1.807, 2.05) is 23.0 Å². The molecule has 10 heteroatoms. The molecule has 0 unspecified atom stereocenters. The van der Waals surface area contributed by atoms with Crippen LogP contribution in [0.15, 0.2) is 47.8 Å². The van der Waals surface area contributed by atoms with Crippen molar-refractivity contribution in [2.45, 2.75) is 11.3 Å². The molecule has 136 valence electrons. The van der Waals surface area contributed by atoms with Gasteiger partial charge in [-0.05, 0) is 36.6 Å². The zero-order chi connectivity index (χ0) is 18.7. The molecule has 0 aliphatic heterocycles. The summed E-state index contributed by atoms with van der Waals surface area (Å²) in [6.45, 7) is -1.39. The molecule has 0 aliphatic rings. The number of hydrogen-bond donors (Lipinski definition) is 0. The van der Waals surface area contributed by atoms with Gasteiger partial charge in [0, 0.05) is 28.5 Å². The highest BCUT2D eigenvalue weighted by Crippen LogP contribution is 2.28. The van der Waals surface area contributed by atoms with Crippen molar-refractivity contribution >= 4 is 23.4 Å². The van der Waals surface area contributed by atoms with E-state index in [9.17, 15) is 13.2 Å². The summed E-state index contributed by atoms with van der Waals surface area (Å²) in [7, 11) is 0. The fourth-order valence-electron chi connectivity index (χ4n) is 2.17. The highest BCUT2D eigenvalue weighted by molar-refractivity contribution is 7.98. The maximum atomic E-state index is 12.2. The van der Waals surface area contributed by atoms with Crippen LogP contribution in [-0.2, 0) is 0 Å². The molecule has 0 radical (unpaired) electrons. The van der Waals surface area contributed by atoms with E-state index < -0.39 is 12.8 Å². The Labute approximate surface area is 156 Å². The van der Waals surface area contributed by atoms with Gasteiger partial charge in [-0.15, -0.1) is 10.2 Å². The molecule has 0 bridgehead atoms. The Bertz CT molecular complexity index is 882. The third-order valence-corrected chi connectivity index (χ3v) is 4.16. The molecule has 0 amide bonds. The van der Waals surface area contributed by atoms with Gasteiger partial charge in [0.1, 0.15) is 0 Å². The van der Waals surface area contributed by atoms with Crippen molar-refractivity contribution in [1.29, 1.82) is 0 Å². The SMILES string of the molecule is CSc1nnc(-c2ccc(OCC(F)(F)F)nc2)n1-c1ccc(Cl)cc1. The van der Waals surface area contributed by atoms with Crippen LogP contribution < -0.4 is 4.74 Å². The van der Waals surface area contributed by atoms with Crippen molar-refractivity contribution in [3.8, 4) is 23.0 Å². The fourth-order valence-corrected chi connectivity index (χ4v) is 2.79. The van der Waals surface area contributed by atoms with Gasteiger partial charge in [0.2, 0.25) is 5.88 Å². The lowest BCUT2D eigenvalue weighted by atomic mass is 10.2. The van der Waals surface area contributed by atoms with E-state index in [1.165, 1.54) is 24.0 Å². The molecular formula is C16H12ClF3N4OS. The van der Waals surface area contributed by atoms with E-state index in [1.54, 1.807) is 18.2 Å². The molecule has 0 saturated carbocycles. The van der Waals surface area contributed by atoms with Crippen molar-refractivity contribution in [3.63, 3.8) is 0 Å². The first-order valence-electron chi connectivity index (χ1n) is 7.29. The number of halogens is 4. The van der Waals surface area contributed by atoms with Crippen LogP contribution >= 0.6 is 23.4 Å². The van der Waals surface area contributed by atoms with Crippen molar-refractivity contribution < 1.29 is 17.9 Å². The molecule has 2 aromatic heterocycles. The van der Waals surface area contributed by atoms with E-state index in [0.717, 1.165) is 5.69 Å². The first-order chi connectivity index (χ1) is 12.4. The maximum absolute atomic E-state index is 12.2. The van der Waals surface area contributed by atoms with Crippen LogP contribution in [0.1, 0.15) is 0 Å². The number of rotatable bonds is 5. The van der Waals surface area contributed by atoms with E-state index in [2.05, 4.69) is 19.9 Å². The van der Waals surface area contributed by atoms with Crippen LogP contribution in [0.25, 0.3) is 17.1 Å². The van der Waals surface area contributed by atoms with Crippen molar-refractivity contribution in [1.82, 2.24) is 19.7 Å². The Morgan fingerprint density at radius 1 is 1.12 bits per heavy atom. The van der Waals surface area contributed by atoms with Crippen LogP contribution in [0.2, 0.25) is 5.02 Å². The van der Waals surface area contributed by atoms with Crippen molar-refractivity contribution in [2.75, 3.05) is 12.9 Å². The van der Waals surface area contributed by atoms with Gasteiger partial charge in [0.25, 0.3) is 0 Å². The number of thioether (sulfide) groups is 1. The molecule has 0 aliphatic carbocycles. The standard InChI is InChI=1S/C16H12ClF3N4OS/c1-26-15-23-22-14(24(15)12-5-3-11(17)4-6-12)10-2-7-13(21-8-10)25-9-16(18,19)20/h2-8H,9H2,1H3. The predicted molar refractivity (Wildman–Crippen MR) is 92.9 cm³/mol. The molecule has 0 N–H and O–H groups in total. The first-order valence-corrected chi connectivity index (χ1v) is 8.89. The van der Waals surface area contributed by atoms with Gasteiger partial charge in [-0.3, -0.25) is 4.57 Å². The molecule has 0 saturated heterocycles. The number of nitrogens with zero attached hydrogens (tertiary/aromatic N) is 4. The van der Waals surface area contributed by atoms with E-state index in [0.29, 0.717) is 21.6 Å². The van der Waals surface area contributed by atoms with Crippen LogP contribution in [0.4, 0.5) is 13.2 Å². The second-order valence-electron chi connectivity index (χ2n) is 5.11. The third kappa shape index (κ3) is 4.28. The number of pyridine rings is 1. The average Bonchev–Trinajstić information content (AvgIpc) is 3.04. The number of alkyl halides is 3. The first kappa shape index (κ1) is 18.5. The largest absolute Gasteiger partial charge is 0.468 e. The Balaban J connectivity index is 1.92. The highest BCUT2D eigenvalue weighted by Gasteiger charge is 2.28. The van der Waals surface area contributed by atoms with E-state index in [4.69, 9.17) is 11.6 Å². The van der Waals surface area contributed by atoms with Crippen molar-refractivity contribution in [2.24, 2.45) is 0 Å². The smallest absolute Gasteiger partial charge is 0.422 e. The molecule has 26 heavy (non-hydrogen) atoms. The van der Waals surface area contributed by atoms with Crippen LogP contribution in [0.5, 0.6) is 5.88 Å². The summed E-state index contributed by atoms with van der Waals surface area (Å²) < 4.78 is 43.1. The minimum Gasteiger partial charge on any atom is -0.468 e. The summed E-state index contributed by atoms with van der Waals surface area (Å²) in [5, 5.41) is 9.56. The summed E-state index contributed by atoms with van der Waals surface area (Å²) in [5.41, 5.74) is 1.39. The lowest BCUT2D eigenvalue weighted by molar-refractivity contribution is -0.154. The van der Waals surface area contributed by atoms with E-state index >= 15 is 0 Å². The van der Waals surface area contributed by atoms with Crippen molar-refractivity contribution in [3.05, 3.63) is 47.6 Å². The molecular weight excluding hydrogens is 389 g/mol.